The topological polar surface area (TPSA) is 68.2 Å². The van der Waals surface area contributed by atoms with E-state index in [2.05, 4.69) is 17.3 Å². The van der Waals surface area contributed by atoms with E-state index >= 15 is 0 Å². The Morgan fingerprint density at radius 2 is 2.32 bits per heavy atom. The van der Waals surface area contributed by atoms with Crippen molar-refractivity contribution < 1.29 is 4.42 Å². The number of hydrogen-bond acceptors (Lipinski definition) is 6. The summed E-state index contributed by atoms with van der Waals surface area (Å²) >= 11 is 1.81. The van der Waals surface area contributed by atoms with E-state index in [1.807, 2.05) is 34.9 Å². The van der Waals surface area contributed by atoms with E-state index in [9.17, 15) is 0 Å². The Balaban J connectivity index is 1.67. The fraction of sp³-hybridized carbons (Fsp3) is 0.389. The molecule has 25 heavy (non-hydrogen) atoms. The Bertz CT molecular complexity index is 1060. The third-order valence-corrected chi connectivity index (χ3v) is 6.02. The lowest BCUT2D eigenvalue weighted by Gasteiger charge is -2.17. The van der Waals surface area contributed by atoms with Crippen LogP contribution < -0.4 is 5.32 Å². The van der Waals surface area contributed by atoms with Gasteiger partial charge in [0.05, 0.1) is 18.2 Å². The maximum atomic E-state index is 5.41. The summed E-state index contributed by atoms with van der Waals surface area (Å²) in [5.41, 5.74) is 2.34. The van der Waals surface area contributed by atoms with Gasteiger partial charge in [-0.05, 0) is 49.8 Å². The molecule has 4 aromatic heterocycles. The molecule has 1 aliphatic carbocycles. The van der Waals surface area contributed by atoms with Crippen LogP contribution in [0.4, 0.5) is 5.95 Å². The normalized spacial score (nSPS) is 17.3. The third kappa shape index (κ3) is 2.41. The lowest BCUT2D eigenvalue weighted by atomic mass is 9.89. The maximum Gasteiger partial charge on any atom is 0.227 e. The van der Waals surface area contributed by atoms with Crippen molar-refractivity contribution in [2.45, 2.75) is 39.7 Å². The Hall–Kier alpha value is -2.41. The fourth-order valence-corrected chi connectivity index (χ4v) is 4.83. The molecular formula is C18H19N5OS. The first kappa shape index (κ1) is 14.9. The van der Waals surface area contributed by atoms with Crippen molar-refractivity contribution in [2.24, 2.45) is 5.92 Å². The number of hydrogen-bond donors (Lipinski definition) is 1. The van der Waals surface area contributed by atoms with Gasteiger partial charge >= 0.3 is 0 Å². The van der Waals surface area contributed by atoms with Gasteiger partial charge in [0, 0.05) is 4.88 Å². The van der Waals surface area contributed by atoms with Crippen molar-refractivity contribution >= 4 is 33.1 Å². The first-order chi connectivity index (χ1) is 12.2. The predicted molar refractivity (Wildman–Crippen MR) is 98.1 cm³/mol. The summed E-state index contributed by atoms with van der Waals surface area (Å²) in [6, 6.07) is 3.83. The second kappa shape index (κ2) is 5.56. The number of rotatable bonds is 3. The zero-order valence-electron chi connectivity index (χ0n) is 14.2. The quantitative estimate of drug-likeness (QED) is 0.603. The molecular weight excluding hydrogens is 334 g/mol. The van der Waals surface area contributed by atoms with Crippen LogP contribution in [0.3, 0.4) is 0 Å². The molecule has 0 spiro atoms. The van der Waals surface area contributed by atoms with Gasteiger partial charge in [-0.15, -0.1) is 16.4 Å². The van der Waals surface area contributed by atoms with Gasteiger partial charge in [0.2, 0.25) is 5.95 Å². The molecule has 1 atom stereocenters. The number of aromatic nitrogens is 4. The van der Waals surface area contributed by atoms with E-state index < -0.39 is 0 Å². The molecule has 0 amide bonds. The molecule has 4 heterocycles. The highest BCUT2D eigenvalue weighted by Crippen LogP contribution is 2.39. The van der Waals surface area contributed by atoms with Crippen LogP contribution in [0.1, 0.15) is 35.4 Å². The minimum atomic E-state index is 0.571. The summed E-state index contributed by atoms with van der Waals surface area (Å²) in [7, 11) is 0. The standard InChI is InChI=1S/C18H19N5OS/c1-10-5-6-14-13(8-10)15-16-20-11(2)22-23(16)18(21-17(15)25-14)19-9-12-4-3-7-24-12/h3-4,7,10H,5-6,8-9H2,1-2H3,(H,19,21)/t10-/m0/s1. The third-order valence-electron chi connectivity index (χ3n) is 4.83. The summed E-state index contributed by atoms with van der Waals surface area (Å²) < 4.78 is 7.25. The molecule has 4 aromatic rings. The monoisotopic (exact) mass is 353 g/mol. The molecule has 0 radical (unpaired) electrons. The van der Waals surface area contributed by atoms with Crippen LogP contribution in [0.5, 0.6) is 0 Å². The zero-order chi connectivity index (χ0) is 17.0. The summed E-state index contributed by atoms with van der Waals surface area (Å²) in [5.74, 6) is 3.06. The molecule has 0 aromatic carbocycles. The zero-order valence-corrected chi connectivity index (χ0v) is 15.1. The number of nitrogens with zero attached hydrogens (tertiary/aromatic N) is 4. The molecule has 0 aliphatic heterocycles. The minimum Gasteiger partial charge on any atom is -0.467 e. The van der Waals surface area contributed by atoms with E-state index in [-0.39, 0.29) is 0 Å². The highest BCUT2D eigenvalue weighted by molar-refractivity contribution is 7.19. The van der Waals surface area contributed by atoms with Crippen molar-refractivity contribution in [2.75, 3.05) is 5.32 Å². The largest absolute Gasteiger partial charge is 0.467 e. The molecule has 0 fully saturated rings. The van der Waals surface area contributed by atoms with E-state index in [0.29, 0.717) is 18.4 Å². The molecule has 0 unspecified atom stereocenters. The summed E-state index contributed by atoms with van der Waals surface area (Å²) in [6.07, 6.45) is 5.19. The van der Waals surface area contributed by atoms with Crippen LogP contribution in [-0.4, -0.2) is 19.6 Å². The SMILES string of the molecule is Cc1nc2c3c4c(sc3nc(NCc3ccco3)n2n1)CC[C@H](C)C4. The summed E-state index contributed by atoms with van der Waals surface area (Å²) in [5, 5.41) is 9.10. The lowest BCUT2D eigenvalue weighted by Crippen LogP contribution is -2.10. The Labute approximate surface area is 148 Å². The maximum absolute atomic E-state index is 5.41. The van der Waals surface area contributed by atoms with Crippen LogP contribution in [0, 0.1) is 12.8 Å². The first-order valence-corrected chi connectivity index (χ1v) is 9.44. The van der Waals surface area contributed by atoms with Gasteiger partial charge in [-0.1, -0.05) is 6.92 Å². The number of fused-ring (bicyclic) bond motifs is 5. The number of furan rings is 1. The molecule has 6 nitrogen and oxygen atoms in total. The van der Waals surface area contributed by atoms with Gasteiger partial charge in [-0.3, -0.25) is 0 Å². The van der Waals surface area contributed by atoms with Crippen LogP contribution in [-0.2, 0) is 19.4 Å². The highest BCUT2D eigenvalue weighted by Gasteiger charge is 2.24. The highest BCUT2D eigenvalue weighted by atomic mass is 32.1. The van der Waals surface area contributed by atoms with Crippen LogP contribution >= 0.6 is 11.3 Å². The number of aryl methyl sites for hydroxylation is 2. The summed E-state index contributed by atoms with van der Waals surface area (Å²) in [6.45, 7) is 4.82. The molecule has 0 saturated heterocycles. The van der Waals surface area contributed by atoms with Crippen molar-refractivity contribution in [3.8, 4) is 0 Å². The smallest absolute Gasteiger partial charge is 0.227 e. The van der Waals surface area contributed by atoms with Crippen molar-refractivity contribution in [1.29, 1.82) is 0 Å². The Morgan fingerprint density at radius 3 is 3.16 bits per heavy atom. The molecule has 128 valence electrons. The first-order valence-electron chi connectivity index (χ1n) is 8.63. The molecule has 1 N–H and O–H groups in total. The van der Waals surface area contributed by atoms with E-state index in [1.165, 1.54) is 22.2 Å². The van der Waals surface area contributed by atoms with Gasteiger partial charge in [-0.2, -0.15) is 4.52 Å². The van der Waals surface area contributed by atoms with Crippen molar-refractivity contribution in [1.82, 2.24) is 19.6 Å². The van der Waals surface area contributed by atoms with Crippen LogP contribution in [0.25, 0.3) is 15.9 Å². The van der Waals surface area contributed by atoms with Crippen LogP contribution in [0.2, 0.25) is 0 Å². The minimum absolute atomic E-state index is 0.571. The van der Waals surface area contributed by atoms with Gasteiger partial charge < -0.3 is 9.73 Å². The number of thiophene rings is 1. The van der Waals surface area contributed by atoms with Gasteiger partial charge in [0.1, 0.15) is 16.4 Å². The number of nitrogens with one attached hydrogen (secondary N) is 1. The second-order valence-corrected chi connectivity index (χ2v) is 7.88. The molecule has 1 aliphatic rings. The Morgan fingerprint density at radius 1 is 1.40 bits per heavy atom. The van der Waals surface area contributed by atoms with E-state index in [1.54, 1.807) is 6.26 Å². The average molecular weight is 353 g/mol. The second-order valence-electron chi connectivity index (χ2n) is 6.79. The molecule has 0 bridgehead atoms. The average Bonchev–Trinajstić information content (AvgIpc) is 3.29. The van der Waals surface area contributed by atoms with Crippen molar-refractivity contribution in [3.63, 3.8) is 0 Å². The van der Waals surface area contributed by atoms with Gasteiger partial charge in [0.15, 0.2) is 5.65 Å². The molecule has 0 saturated carbocycles. The van der Waals surface area contributed by atoms with Crippen LogP contribution in [0.15, 0.2) is 22.8 Å². The molecule has 7 heteroatoms. The van der Waals surface area contributed by atoms with Crippen molar-refractivity contribution in [3.05, 3.63) is 40.4 Å². The van der Waals surface area contributed by atoms with Gasteiger partial charge in [0.25, 0.3) is 0 Å². The predicted octanol–water partition coefficient (Wildman–Crippen LogP) is 3.98. The fourth-order valence-electron chi connectivity index (χ4n) is 3.61. The summed E-state index contributed by atoms with van der Waals surface area (Å²) in [4.78, 5) is 12.1. The number of anilines is 1. The Kier molecular flexibility index (Phi) is 3.31. The lowest BCUT2D eigenvalue weighted by molar-refractivity contribution is 0.508. The van der Waals surface area contributed by atoms with E-state index in [0.717, 1.165) is 34.9 Å². The molecule has 5 rings (SSSR count). The van der Waals surface area contributed by atoms with Gasteiger partial charge in [-0.25, -0.2) is 9.97 Å². The van der Waals surface area contributed by atoms with E-state index in [4.69, 9.17) is 14.4 Å².